The Kier molecular flexibility index (Phi) is 4.39. The fraction of sp³-hybridized carbons (Fsp3) is 0.500. The largest absolute Gasteiger partial charge is 0.380 e. The molecule has 1 aliphatic heterocycles. The molecule has 0 amide bonds. The van der Waals surface area contributed by atoms with E-state index >= 15 is 0 Å². The van der Waals surface area contributed by atoms with E-state index in [1.165, 1.54) is 10.5 Å². The van der Waals surface area contributed by atoms with Gasteiger partial charge in [-0.1, -0.05) is 29.0 Å². The van der Waals surface area contributed by atoms with E-state index in [1.54, 1.807) is 7.11 Å². The molecular formula is C10H13ClN2O3S2. The van der Waals surface area contributed by atoms with Gasteiger partial charge >= 0.3 is 0 Å². The molecule has 2 heterocycles. The maximum atomic E-state index is 12.2. The van der Waals surface area contributed by atoms with E-state index in [2.05, 4.69) is 4.98 Å². The lowest BCUT2D eigenvalue weighted by molar-refractivity contribution is 0.219. The van der Waals surface area contributed by atoms with Gasteiger partial charge in [0.2, 0.25) is 0 Å². The zero-order chi connectivity index (χ0) is 13.2. The molecule has 0 aliphatic carbocycles. The molecule has 0 saturated carbocycles. The van der Waals surface area contributed by atoms with Gasteiger partial charge in [0.15, 0.2) is 8.68 Å². The predicted molar refractivity (Wildman–Crippen MR) is 70.5 cm³/mol. The first-order chi connectivity index (χ1) is 8.54. The van der Waals surface area contributed by atoms with Crippen LogP contribution in [0.4, 0.5) is 0 Å². The van der Waals surface area contributed by atoms with Gasteiger partial charge in [0, 0.05) is 20.2 Å². The summed E-state index contributed by atoms with van der Waals surface area (Å²) in [4.78, 5) is 3.76. The maximum absolute atomic E-state index is 12.2. The highest BCUT2D eigenvalue weighted by molar-refractivity contribution is 7.91. The second-order valence-corrected chi connectivity index (χ2v) is 7.62. The van der Waals surface area contributed by atoms with Crippen LogP contribution in [0.15, 0.2) is 22.1 Å². The Morgan fingerprint density at radius 3 is 2.89 bits per heavy atom. The number of thiazole rings is 1. The maximum Gasteiger partial charge on any atom is 0.254 e. The van der Waals surface area contributed by atoms with Crippen LogP contribution in [-0.4, -0.2) is 44.5 Å². The SMILES string of the molecule is COCC1=CCN(S(=O)(=O)c2cnc(Cl)s2)CC1. The molecule has 2 rings (SSSR count). The molecule has 1 aromatic rings. The minimum Gasteiger partial charge on any atom is -0.380 e. The van der Waals surface area contributed by atoms with E-state index in [0.29, 0.717) is 26.1 Å². The fourth-order valence-corrected chi connectivity index (χ4v) is 4.54. The van der Waals surface area contributed by atoms with Crippen molar-refractivity contribution in [2.45, 2.75) is 10.6 Å². The van der Waals surface area contributed by atoms with Gasteiger partial charge in [-0.25, -0.2) is 13.4 Å². The lowest BCUT2D eigenvalue weighted by atomic mass is 10.1. The summed E-state index contributed by atoms with van der Waals surface area (Å²) < 4.78 is 31.4. The number of hydrogen-bond acceptors (Lipinski definition) is 5. The Bertz CT molecular complexity index is 553. The highest BCUT2D eigenvalue weighted by Gasteiger charge is 2.27. The molecule has 1 aliphatic rings. The van der Waals surface area contributed by atoms with Crippen molar-refractivity contribution in [2.24, 2.45) is 0 Å². The summed E-state index contributed by atoms with van der Waals surface area (Å²) in [6.45, 7) is 1.39. The number of halogens is 1. The lowest BCUT2D eigenvalue weighted by Gasteiger charge is -2.24. The fourth-order valence-electron chi connectivity index (χ4n) is 1.71. The number of aromatic nitrogens is 1. The first-order valence-corrected chi connectivity index (χ1v) is 7.96. The first kappa shape index (κ1) is 14.0. The van der Waals surface area contributed by atoms with E-state index in [4.69, 9.17) is 16.3 Å². The van der Waals surface area contributed by atoms with Crippen LogP contribution in [0.25, 0.3) is 0 Å². The molecule has 0 atom stereocenters. The second-order valence-electron chi connectivity index (χ2n) is 3.84. The Morgan fingerprint density at radius 1 is 1.61 bits per heavy atom. The average molecular weight is 309 g/mol. The molecule has 0 bridgehead atoms. The summed E-state index contributed by atoms with van der Waals surface area (Å²) in [6.07, 6.45) is 3.89. The van der Waals surface area contributed by atoms with Crippen LogP contribution >= 0.6 is 22.9 Å². The average Bonchev–Trinajstić information content (AvgIpc) is 2.78. The molecule has 0 fully saturated rings. The standard InChI is InChI=1S/C10H13ClN2O3S2/c1-16-7-8-2-4-13(5-3-8)18(14,15)9-6-12-10(11)17-9/h2,6H,3-5,7H2,1H3. The monoisotopic (exact) mass is 308 g/mol. The van der Waals surface area contributed by atoms with Crippen molar-refractivity contribution >= 4 is 33.0 Å². The van der Waals surface area contributed by atoms with Crippen molar-refractivity contribution < 1.29 is 13.2 Å². The van der Waals surface area contributed by atoms with Crippen molar-refractivity contribution in [1.29, 1.82) is 0 Å². The third-order valence-electron chi connectivity index (χ3n) is 2.65. The van der Waals surface area contributed by atoms with Crippen LogP contribution in [-0.2, 0) is 14.8 Å². The van der Waals surface area contributed by atoms with Gasteiger partial charge in [-0.3, -0.25) is 0 Å². The highest BCUT2D eigenvalue weighted by Crippen LogP contribution is 2.27. The minimum atomic E-state index is -3.46. The van der Waals surface area contributed by atoms with Gasteiger partial charge in [-0.2, -0.15) is 4.31 Å². The van der Waals surface area contributed by atoms with Crippen LogP contribution in [0.3, 0.4) is 0 Å². The van der Waals surface area contributed by atoms with Crippen LogP contribution in [0.5, 0.6) is 0 Å². The summed E-state index contributed by atoms with van der Waals surface area (Å²) in [5.41, 5.74) is 1.13. The van der Waals surface area contributed by atoms with Crippen LogP contribution in [0.2, 0.25) is 4.47 Å². The number of nitrogens with zero attached hydrogens (tertiary/aromatic N) is 2. The Hall–Kier alpha value is -0.470. The summed E-state index contributed by atoms with van der Waals surface area (Å²) in [5, 5.41) is 0. The normalized spacial score (nSPS) is 17.8. The van der Waals surface area contributed by atoms with Crippen molar-refractivity contribution in [3.63, 3.8) is 0 Å². The van der Waals surface area contributed by atoms with Gasteiger partial charge in [0.1, 0.15) is 0 Å². The van der Waals surface area contributed by atoms with Crippen LogP contribution in [0.1, 0.15) is 6.42 Å². The summed E-state index contributed by atoms with van der Waals surface area (Å²) >= 11 is 6.64. The van der Waals surface area contributed by atoms with Crippen LogP contribution in [0, 0.1) is 0 Å². The number of methoxy groups -OCH3 is 1. The summed E-state index contributed by atoms with van der Waals surface area (Å²) in [6, 6.07) is 0. The highest BCUT2D eigenvalue weighted by atomic mass is 35.5. The molecule has 0 unspecified atom stereocenters. The van der Waals surface area contributed by atoms with Gasteiger partial charge in [-0.15, -0.1) is 0 Å². The molecule has 5 nitrogen and oxygen atoms in total. The number of hydrogen-bond donors (Lipinski definition) is 0. The molecular weight excluding hydrogens is 296 g/mol. The lowest BCUT2D eigenvalue weighted by Crippen LogP contribution is -2.34. The third-order valence-corrected chi connectivity index (χ3v) is 6.06. The van der Waals surface area contributed by atoms with E-state index in [9.17, 15) is 8.42 Å². The van der Waals surface area contributed by atoms with Crippen molar-refractivity contribution in [1.82, 2.24) is 9.29 Å². The molecule has 18 heavy (non-hydrogen) atoms. The molecule has 0 saturated heterocycles. The van der Waals surface area contributed by atoms with E-state index in [0.717, 1.165) is 16.9 Å². The molecule has 0 spiro atoms. The summed E-state index contributed by atoms with van der Waals surface area (Å²) in [7, 11) is -1.83. The Morgan fingerprint density at radius 2 is 2.39 bits per heavy atom. The number of ether oxygens (including phenoxy) is 1. The molecule has 0 N–H and O–H groups in total. The first-order valence-electron chi connectivity index (χ1n) is 5.32. The van der Waals surface area contributed by atoms with Gasteiger partial charge in [-0.05, 0) is 12.0 Å². The van der Waals surface area contributed by atoms with Gasteiger partial charge in [0.05, 0.1) is 12.8 Å². The molecule has 100 valence electrons. The van der Waals surface area contributed by atoms with Crippen LogP contribution < -0.4 is 0 Å². The van der Waals surface area contributed by atoms with Crippen molar-refractivity contribution in [3.05, 3.63) is 22.3 Å². The van der Waals surface area contributed by atoms with Gasteiger partial charge < -0.3 is 4.74 Å². The van der Waals surface area contributed by atoms with Crippen molar-refractivity contribution in [2.75, 3.05) is 26.8 Å². The molecule has 1 aromatic heterocycles. The Balaban J connectivity index is 2.14. The van der Waals surface area contributed by atoms with Gasteiger partial charge in [0.25, 0.3) is 10.0 Å². The predicted octanol–water partition coefficient (Wildman–Crippen LogP) is 1.76. The number of rotatable bonds is 4. The smallest absolute Gasteiger partial charge is 0.254 e. The van der Waals surface area contributed by atoms with E-state index < -0.39 is 10.0 Å². The topological polar surface area (TPSA) is 59.5 Å². The zero-order valence-electron chi connectivity index (χ0n) is 9.80. The quantitative estimate of drug-likeness (QED) is 0.795. The molecule has 8 heteroatoms. The summed E-state index contributed by atoms with van der Waals surface area (Å²) in [5.74, 6) is 0. The molecule has 0 aromatic carbocycles. The minimum absolute atomic E-state index is 0.191. The third kappa shape index (κ3) is 2.92. The Labute approximate surface area is 115 Å². The molecule has 0 radical (unpaired) electrons. The van der Waals surface area contributed by atoms with E-state index in [1.807, 2.05) is 6.08 Å². The van der Waals surface area contributed by atoms with E-state index in [-0.39, 0.29) is 8.68 Å². The van der Waals surface area contributed by atoms with Crippen molar-refractivity contribution in [3.8, 4) is 0 Å². The number of sulfonamides is 1. The second kappa shape index (κ2) is 5.66. The zero-order valence-corrected chi connectivity index (χ0v) is 12.2.